The molecule has 160 valence electrons. The molecular formula is C18H24F3N5O3. The third-order valence-corrected chi connectivity index (χ3v) is 5.03. The van der Waals surface area contributed by atoms with Gasteiger partial charge in [0, 0.05) is 45.2 Å². The maximum Gasteiger partial charge on any atom is 0.419 e. The average molecular weight is 415 g/mol. The number of hydrogen-bond acceptors (Lipinski definition) is 5. The van der Waals surface area contributed by atoms with Crippen LogP contribution in [0.1, 0.15) is 25.3 Å². The lowest BCUT2D eigenvalue weighted by molar-refractivity contribution is -0.137. The molecule has 2 atom stereocenters. The van der Waals surface area contributed by atoms with E-state index >= 15 is 0 Å². The van der Waals surface area contributed by atoms with Gasteiger partial charge in [0.25, 0.3) is 0 Å². The summed E-state index contributed by atoms with van der Waals surface area (Å²) in [5.41, 5.74) is -0.0173. The number of anilines is 2. The normalized spacial score (nSPS) is 18.7. The number of methoxy groups -OCH3 is 1. The van der Waals surface area contributed by atoms with Gasteiger partial charge in [-0.25, -0.2) is 9.78 Å². The van der Waals surface area contributed by atoms with Crippen LogP contribution in [0, 0.1) is 0 Å². The lowest BCUT2D eigenvalue weighted by atomic mass is 10.0. The van der Waals surface area contributed by atoms with Gasteiger partial charge in [-0.2, -0.15) is 13.2 Å². The van der Waals surface area contributed by atoms with Gasteiger partial charge in [0.05, 0.1) is 28.4 Å². The zero-order valence-corrected chi connectivity index (χ0v) is 16.1. The van der Waals surface area contributed by atoms with Gasteiger partial charge < -0.3 is 30.4 Å². The van der Waals surface area contributed by atoms with E-state index in [1.165, 1.54) is 0 Å². The maximum absolute atomic E-state index is 13.8. The second kappa shape index (κ2) is 8.36. The Hall–Kier alpha value is -2.69. The van der Waals surface area contributed by atoms with Gasteiger partial charge in [0.1, 0.15) is 5.65 Å². The summed E-state index contributed by atoms with van der Waals surface area (Å²) >= 11 is 0. The SMILES string of the molecule is CO[C@H](C)CNc1c[nH]c2ncc(C(F)(F)F)c(N3CCC[C@@H](NC(=O)O)C3)c12. The molecule has 8 nitrogen and oxygen atoms in total. The zero-order chi connectivity index (χ0) is 21.2. The molecule has 0 spiro atoms. The molecule has 0 aliphatic carbocycles. The van der Waals surface area contributed by atoms with Crippen LogP contribution in [0.2, 0.25) is 0 Å². The number of rotatable bonds is 6. The number of aromatic amines is 1. The highest BCUT2D eigenvalue weighted by molar-refractivity contribution is 6.02. The van der Waals surface area contributed by atoms with Crippen LogP contribution in [0.25, 0.3) is 11.0 Å². The Labute approximate surface area is 165 Å². The van der Waals surface area contributed by atoms with Crippen molar-refractivity contribution in [3.63, 3.8) is 0 Å². The van der Waals surface area contributed by atoms with E-state index in [1.54, 1.807) is 18.2 Å². The average Bonchev–Trinajstić information content (AvgIpc) is 3.07. The Morgan fingerprint density at radius 2 is 2.28 bits per heavy atom. The molecule has 3 rings (SSSR count). The Balaban J connectivity index is 2.06. The smallest absolute Gasteiger partial charge is 0.419 e. The quantitative estimate of drug-likeness (QED) is 0.578. The largest absolute Gasteiger partial charge is 0.465 e. The summed E-state index contributed by atoms with van der Waals surface area (Å²) in [7, 11) is 1.56. The van der Waals surface area contributed by atoms with Gasteiger partial charge in [-0.15, -0.1) is 0 Å². The summed E-state index contributed by atoms with van der Waals surface area (Å²) in [6.45, 7) is 2.78. The Kier molecular flexibility index (Phi) is 6.06. The predicted molar refractivity (Wildman–Crippen MR) is 102 cm³/mol. The van der Waals surface area contributed by atoms with Gasteiger partial charge in [-0.05, 0) is 19.8 Å². The van der Waals surface area contributed by atoms with E-state index in [0.717, 1.165) is 6.20 Å². The first kappa shape index (κ1) is 21.0. The molecule has 1 fully saturated rings. The highest BCUT2D eigenvalue weighted by atomic mass is 19.4. The summed E-state index contributed by atoms with van der Waals surface area (Å²) in [6, 6.07) is -0.450. The van der Waals surface area contributed by atoms with E-state index in [1.807, 2.05) is 6.92 Å². The molecule has 29 heavy (non-hydrogen) atoms. The molecule has 0 aromatic carbocycles. The van der Waals surface area contributed by atoms with Crippen molar-refractivity contribution >= 4 is 28.5 Å². The van der Waals surface area contributed by atoms with Crippen molar-refractivity contribution in [1.29, 1.82) is 0 Å². The summed E-state index contributed by atoms with van der Waals surface area (Å²) in [5, 5.41) is 14.8. The topological polar surface area (TPSA) is 103 Å². The first-order chi connectivity index (χ1) is 13.7. The minimum absolute atomic E-state index is 0.00760. The fraction of sp³-hybridized carbons (Fsp3) is 0.556. The van der Waals surface area contributed by atoms with Crippen molar-refractivity contribution in [2.75, 3.05) is 37.0 Å². The van der Waals surface area contributed by atoms with E-state index in [0.29, 0.717) is 42.7 Å². The van der Waals surface area contributed by atoms with E-state index < -0.39 is 23.9 Å². The molecule has 0 radical (unpaired) electrons. The number of aromatic nitrogens is 2. The third-order valence-electron chi connectivity index (χ3n) is 5.03. The molecule has 0 unspecified atom stereocenters. The van der Waals surface area contributed by atoms with Crippen molar-refractivity contribution in [3.05, 3.63) is 18.0 Å². The fourth-order valence-electron chi connectivity index (χ4n) is 3.56. The molecule has 0 saturated carbocycles. The fourth-order valence-corrected chi connectivity index (χ4v) is 3.56. The second-order valence-corrected chi connectivity index (χ2v) is 7.11. The Morgan fingerprint density at radius 1 is 1.52 bits per heavy atom. The van der Waals surface area contributed by atoms with Crippen LogP contribution >= 0.6 is 0 Å². The summed E-state index contributed by atoms with van der Waals surface area (Å²) in [5.74, 6) is 0. The zero-order valence-electron chi connectivity index (χ0n) is 16.1. The van der Waals surface area contributed by atoms with Crippen LogP contribution in [0.15, 0.2) is 12.4 Å². The third kappa shape index (κ3) is 4.66. The Bertz CT molecular complexity index is 870. The van der Waals surface area contributed by atoms with Crippen molar-refractivity contribution in [2.45, 2.75) is 38.1 Å². The van der Waals surface area contributed by atoms with E-state index in [9.17, 15) is 18.0 Å². The van der Waals surface area contributed by atoms with Gasteiger partial charge in [-0.1, -0.05) is 0 Å². The van der Waals surface area contributed by atoms with E-state index in [2.05, 4.69) is 20.6 Å². The van der Waals surface area contributed by atoms with Crippen molar-refractivity contribution in [1.82, 2.24) is 15.3 Å². The number of halogens is 3. The van der Waals surface area contributed by atoms with Gasteiger partial charge in [0.2, 0.25) is 0 Å². The molecule has 4 N–H and O–H groups in total. The van der Waals surface area contributed by atoms with Crippen LogP contribution in [0.4, 0.5) is 29.3 Å². The molecule has 1 aliphatic rings. The number of pyridine rings is 1. The van der Waals surface area contributed by atoms with Crippen molar-refractivity contribution in [2.24, 2.45) is 0 Å². The number of hydrogen-bond donors (Lipinski definition) is 4. The van der Waals surface area contributed by atoms with Gasteiger partial charge >= 0.3 is 12.3 Å². The number of ether oxygens (including phenoxy) is 1. The first-order valence-corrected chi connectivity index (χ1v) is 9.29. The number of amides is 1. The van der Waals surface area contributed by atoms with Gasteiger partial charge in [0.15, 0.2) is 0 Å². The number of alkyl halides is 3. The Morgan fingerprint density at radius 3 is 2.93 bits per heavy atom. The maximum atomic E-state index is 13.8. The number of carboxylic acid groups (broad SMARTS) is 1. The standard InChI is InChI=1S/C18H24F3N5O3/c1-10(29-2)6-22-13-8-24-16-14(13)15(12(7-23-16)18(19,20)21)26-5-3-4-11(9-26)25-17(27)28/h7-8,10-11,22,25H,3-6,9H2,1-2H3,(H,23,24)(H,27,28)/t10-,11-/m1/s1. The van der Waals surface area contributed by atoms with Crippen LogP contribution in [0.3, 0.4) is 0 Å². The number of carbonyl (C=O) groups is 1. The lowest BCUT2D eigenvalue weighted by Gasteiger charge is -2.36. The highest BCUT2D eigenvalue weighted by Crippen LogP contribution is 2.43. The highest BCUT2D eigenvalue weighted by Gasteiger charge is 2.38. The summed E-state index contributed by atoms with van der Waals surface area (Å²) in [4.78, 5) is 19.5. The van der Waals surface area contributed by atoms with Crippen LogP contribution < -0.4 is 15.5 Å². The minimum Gasteiger partial charge on any atom is -0.465 e. The monoisotopic (exact) mass is 415 g/mol. The summed E-state index contributed by atoms with van der Waals surface area (Å²) in [6.07, 6.45) is -2.38. The molecule has 2 aromatic rings. The number of nitrogens with zero attached hydrogens (tertiary/aromatic N) is 2. The molecule has 1 amide bonds. The van der Waals surface area contributed by atoms with Crippen molar-refractivity contribution in [3.8, 4) is 0 Å². The number of nitrogens with one attached hydrogen (secondary N) is 3. The molecule has 1 aliphatic heterocycles. The van der Waals surface area contributed by atoms with Crippen molar-refractivity contribution < 1.29 is 27.8 Å². The minimum atomic E-state index is -4.60. The molecule has 0 bridgehead atoms. The van der Waals surface area contributed by atoms with Crippen LogP contribution in [0.5, 0.6) is 0 Å². The first-order valence-electron chi connectivity index (χ1n) is 9.29. The molecule has 3 heterocycles. The number of H-pyrrole nitrogens is 1. The predicted octanol–water partition coefficient (Wildman–Crippen LogP) is 3.26. The molecular weight excluding hydrogens is 391 g/mol. The summed E-state index contributed by atoms with van der Waals surface area (Å²) < 4.78 is 46.6. The van der Waals surface area contributed by atoms with E-state index in [-0.39, 0.29) is 18.3 Å². The van der Waals surface area contributed by atoms with E-state index in [4.69, 9.17) is 9.84 Å². The number of piperidine rings is 1. The second-order valence-electron chi connectivity index (χ2n) is 7.11. The van der Waals surface area contributed by atoms with Crippen LogP contribution in [-0.2, 0) is 10.9 Å². The molecule has 1 saturated heterocycles. The van der Waals surface area contributed by atoms with Crippen LogP contribution in [-0.4, -0.2) is 60.1 Å². The van der Waals surface area contributed by atoms with Gasteiger partial charge in [-0.3, -0.25) is 0 Å². The number of fused-ring (bicyclic) bond motifs is 1. The lowest BCUT2D eigenvalue weighted by Crippen LogP contribution is -2.48. The molecule has 11 heteroatoms. The molecule has 2 aromatic heterocycles.